The quantitative estimate of drug-likeness (QED) is 0.504. The van der Waals surface area contributed by atoms with Crippen LogP contribution in [0, 0.1) is 13.8 Å². The number of para-hydroxylation sites is 1. The third kappa shape index (κ3) is 3.87. The molecule has 2 aromatic heterocycles. The highest BCUT2D eigenvalue weighted by atomic mass is 32.2. The number of carbonyl (C=O) groups excluding carboxylic acids is 1. The first kappa shape index (κ1) is 19.6. The first-order valence-electron chi connectivity index (χ1n) is 9.04. The summed E-state index contributed by atoms with van der Waals surface area (Å²) in [5.41, 5.74) is 2.36. The van der Waals surface area contributed by atoms with Crippen molar-refractivity contribution in [3.8, 4) is 0 Å². The molecule has 2 N–H and O–H groups in total. The number of nitrogens with one attached hydrogen (secondary N) is 2. The molecular formula is C21H18N4O4S. The minimum absolute atomic E-state index is 0.0783. The van der Waals surface area contributed by atoms with Crippen LogP contribution in [-0.2, 0) is 10.0 Å². The second-order valence-electron chi connectivity index (χ2n) is 6.78. The van der Waals surface area contributed by atoms with E-state index in [1.165, 1.54) is 18.3 Å². The van der Waals surface area contributed by atoms with Crippen LogP contribution in [0.1, 0.15) is 21.7 Å². The third-order valence-electron chi connectivity index (χ3n) is 4.47. The molecule has 2 heterocycles. The van der Waals surface area contributed by atoms with Gasteiger partial charge in [-0.15, -0.1) is 0 Å². The van der Waals surface area contributed by atoms with Gasteiger partial charge in [0, 0.05) is 17.3 Å². The average Bonchev–Trinajstić information content (AvgIpc) is 3.13. The second-order valence-corrected chi connectivity index (χ2v) is 8.43. The fraction of sp³-hybridized carbons (Fsp3) is 0.0952. The Hall–Kier alpha value is -3.72. The van der Waals surface area contributed by atoms with Gasteiger partial charge in [0.05, 0.1) is 17.4 Å². The summed E-state index contributed by atoms with van der Waals surface area (Å²) in [4.78, 5) is 16.7. The number of aromatic nitrogens is 2. The molecule has 8 nitrogen and oxygen atoms in total. The lowest BCUT2D eigenvalue weighted by atomic mass is 10.2. The average molecular weight is 422 g/mol. The van der Waals surface area contributed by atoms with Gasteiger partial charge in [-0.25, -0.2) is 8.42 Å². The lowest BCUT2D eigenvalue weighted by Gasteiger charge is -2.12. The number of hydrogen-bond acceptors (Lipinski definition) is 6. The monoisotopic (exact) mass is 422 g/mol. The van der Waals surface area contributed by atoms with Crippen LogP contribution < -0.4 is 10.0 Å². The van der Waals surface area contributed by atoms with Gasteiger partial charge in [0.1, 0.15) is 16.2 Å². The van der Waals surface area contributed by atoms with E-state index in [9.17, 15) is 13.2 Å². The van der Waals surface area contributed by atoms with E-state index >= 15 is 0 Å². The molecule has 1 amide bonds. The SMILES string of the molecule is Cc1cnc2c(S(=O)(=O)Nc3cccc(NC(=O)c4cnoc4C)c3)cccc2c1. The van der Waals surface area contributed by atoms with Crippen LogP contribution >= 0.6 is 0 Å². The molecule has 0 spiro atoms. The van der Waals surface area contributed by atoms with Crippen molar-refractivity contribution in [2.45, 2.75) is 18.7 Å². The summed E-state index contributed by atoms with van der Waals surface area (Å²) < 4.78 is 33.5. The van der Waals surface area contributed by atoms with Crippen molar-refractivity contribution in [2.24, 2.45) is 0 Å². The van der Waals surface area contributed by atoms with E-state index in [1.807, 2.05) is 19.1 Å². The van der Waals surface area contributed by atoms with Crippen LogP contribution in [0.5, 0.6) is 0 Å². The Bertz CT molecular complexity index is 1360. The van der Waals surface area contributed by atoms with Gasteiger partial charge in [0.2, 0.25) is 0 Å². The van der Waals surface area contributed by atoms with Crippen molar-refractivity contribution >= 4 is 38.2 Å². The number of anilines is 2. The Balaban J connectivity index is 1.61. The number of nitrogens with zero attached hydrogens (tertiary/aromatic N) is 2. The summed E-state index contributed by atoms with van der Waals surface area (Å²) in [6.07, 6.45) is 2.96. The number of pyridine rings is 1. The summed E-state index contributed by atoms with van der Waals surface area (Å²) in [7, 11) is -3.90. The van der Waals surface area contributed by atoms with Crippen molar-refractivity contribution in [2.75, 3.05) is 10.0 Å². The first-order chi connectivity index (χ1) is 14.3. The second kappa shape index (κ2) is 7.60. The molecular weight excluding hydrogens is 404 g/mol. The smallest absolute Gasteiger partial charge is 0.264 e. The van der Waals surface area contributed by atoms with Gasteiger partial charge < -0.3 is 9.84 Å². The molecule has 0 aliphatic carbocycles. The van der Waals surface area contributed by atoms with Gasteiger partial charge in [-0.05, 0) is 49.7 Å². The maximum absolute atomic E-state index is 13.0. The van der Waals surface area contributed by atoms with E-state index in [4.69, 9.17) is 4.52 Å². The van der Waals surface area contributed by atoms with Gasteiger partial charge in [-0.2, -0.15) is 0 Å². The maximum atomic E-state index is 13.0. The molecule has 0 unspecified atom stereocenters. The van der Waals surface area contributed by atoms with Crippen molar-refractivity contribution in [3.63, 3.8) is 0 Å². The number of sulfonamides is 1. The number of carbonyl (C=O) groups is 1. The Morgan fingerprint density at radius 3 is 2.53 bits per heavy atom. The maximum Gasteiger partial charge on any atom is 0.264 e. The van der Waals surface area contributed by atoms with Crippen LogP contribution in [0.3, 0.4) is 0 Å². The highest BCUT2D eigenvalue weighted by Crippen LogP contribution is 2.25. The molecule has 0 radical (unpaired) electrons. The van der Waals surface area contributed by atoms with Crippen LogP contribution in [-0.4, -0.2) is 24.5 Å². The molecule has 0 saturated heterocycles. The number of aryl methyl sites for hydroxylation is 2. The molecule has 0 atom stereocenters. The summed E-state index contributed by atoms with van der Waals surface area (Å²) in [6.45, 7) is 3.53. The molecule has 0 bridgehead atoms. The number of amides is 1. The lowest BCUT2D eigenvalue weighted by Crippen LogP contribution is -2.15. The van der Waals surface area contributed by atoms with Gasteiger partial charge >= 0.3 is 0 Å². The molecule has 152 valence electrons. The van der Waals surface area contributed by atoms with Crippen LogP contribution in [0.4, 0.5) is 11.4 Å². The van der Waals surface area contributed by atoms with Crippen molar-refractivity contribution in [1.29, 1.82) is 0 Å². The zero-order valence-corrected chi connectivity index (χ0v) is 17.0. The number of benzene rings is 2. The minimum atomic E-state index is -3.90. The largest absolute Gasteiger partial charge is 0.361 e. The van der Waals surface area contributed by atoms with Crippen LogP contribution in [0.15, 0.2) is 70.3 Å². The molecule has 0 fully saturated rings. The minimum Gasteiger partial charge on any atom is -0.361 e. The van der Waals surface area contributed by atoms with Gasteiger partial charge in [0.25, 0.3) is 15.9 Å². The third-order valence-corrected chi connectivity index (χ3v) is 5.88. The van der Waals surface area contributed by atoms with E-state index in [0.29, 0.717) is 28.2 Å². The summed E-state index contributed by atoms with van der Waals surface area (Å²) in [5.74, 6) is -0.00886. The Kier molecular flexibility index (Phi) is 4.96. The fourth-order valence-corrected chi connectivity index (χ4v) is 4.28. The van der Waals surface area contributed by atoms with Crippen molar-refractivity contribution in [3.05, 3.63) is 77.8 Å². The molecule has 0 saturated carbocycles. The molecule has 4 rings (SSSR count). The summed E-state index contributed by atoms with van der Waals surface area (Å²) >= 11 is 0. The fourth-order valence-electron chi connectivity index (χ4n) is 3.05. The zero-order valence-electron chi connectivity index (χ0n) is 16.2. The number of fused-ring (bicyclic) bond motifs is 1. The number of hydrogen-bond donors (Lipinski definition) is 2. The number of rotatable bonds is 5. The molecule has 4 aromatic rings. The predicted octanol–water partition coefficient (Wildman–Crippen LogP) is 3.89. The standard InChI is InChI=1S/C21H18N4O4S/c1-13-9-15-5-3-8-19(20(15)22-11-13)30(27,28)25-17-7-4-6-16(10-17)24-21(26)18-12-23-29-14(18)2/h3-12,25H,1-2H3,(H,24,26). The Labute approximate surface area is 173 Å². The van der Waals surface area contributed by atoms with E-state index in [1.54, 1.807) is 37.4 Å². The van der Waals surface area contributed by atoms with Crippen molar-refractivity contribution < 1.29 is 17.7 Å². The summed E-state index contributed by atoms with van der Waals surface area (Å²) in [5, 5.41) is 7.02. The van der Waals surface area contributed by atoms with E-state index in [2.05, 4.69) is 20.2 Å². The predicted molar refractivity (Wildman–Crippen MR) is 113 cm³/mol. The highest BCUT2D eigenvalue weighted by molar-refractivity contribution is 7.93. The molecule has 9 heteroatoms. The highest BCUT2D eigenvalue weighted by Gasteiger charge is 2.19. The van der Waals surface area contributed by atoms with E-state index < -0.39 is 15.9 Å². The molecule has 30 heavy (non-hydrogen) atoms. The van der Waals surface area contributed by atoms with Gasteiger partial charge in [-0.3, -0.25) is 14.5 Å². The van der Waals surface area contributed by atoms with Crippen LogP contribution in [0.25, 0.3) is 10.9 Å². The van der Waals surface area contributed by atoms with Gasteiger partial charge in [-0.1, -0.05) is 23.4 Å². The van der Waals surface area contributed by atoms with E-state index in [0.717, 1.165) is 10.9 Å². The molecule has 0 aliphatic rings. The van der Waals surface area contributed by atoms with Gasteiger partial charge in [0.15, 0.2) is 0 Å². The Morgan fingerprint density at radius 1 is 1.00 bits per heavy atom. The topological polar surface area (TPSA) is 114 Å². The molecule has 0 aliphatic heterocycles. The zero-order chi connectivity index (χ0) is 21.3. The Morgan fingerprint density at radius 2 is 1.77 bits per heavy atom. The van der Waals surface area contributed by atoms with E-state index in [-0.39, 0.29) is 4.90 Å². The van der Waals surface area contributed by atoms with Crippen molar-refractivity contribution in [1.82, 2.24) is 10.1 Å². The molecule has 2 aromatic carbocycles. The first-order valence-corrected chi connectivity index (χ1v) is 10.5. The normalized spacial score (nSPS) is 11.4. The lowest BCUT2D eigenvalue weighted by molar-refractivity contribution is 0.102. The van der Waals surface area contributed by atoms with Crippen LogP contribution in [0.2, 0.25) is 0 Å². The summed E-state index contributed by atoms with van der Waals surface area (Å²) in [6, 6.07) is 13.3.